The van der Waals surface area contributed by atoms with Crippen LogP contribution < -0.4 is 0 Å². The molecule has 0 rings (SSSR count). The highest BCUT2D eigenvalue weighted by molar-refractivity contribution is 5.71. The number of hydrogen-bond acceptors (Lipinski definition) is 6. The molecule has 0 saturated heterocycles. The minimum atomic E-state index is -0.763. The smallest absolute Gasteiger partial charge is 0.306 e. The van der Waals surface area contributed by atoms with Crippen LogP contribution in [0.1, 0.15) is 316 Å². The van der Waals surface area contributed by atoms with Crippen LogP contribution in [-0.4, -0.2) is 37.2 Å². The molecule has 0 aliphatic rings. The molecule has 0 aliphatic carbocycles. The third-order valence-corrected chi connectivity index (χ3v) is 12.8. The molecular formula is C57H108O6. The Labute approximate surface area is 392 Å². The predicted octanol–water partition coefficient (Wildman–Crippen LogP) is 18.5. The molecule has 6 heteroatoms. The molecule has 63 heavy (non-hydrogen) atoms. The summed E-state index contributed by atoms with van der Waals surface area (Å²) < 4.78 is 16.8. The average Bonchev–Trinajstić information content (AvgIpc) is 3.28. The zero-order chi connectivity index (χ0) is 45.8. The van der Waals surface area contributed by atoms with Crippen molar-refractivity contribution >= 4 is 17.9 Å². The Balaban J connectivity index is 4.23. The molecule has 0 heterocycles. The van der Waals surface area contributed by atoms with Gasteiger partial charge in [0.25, 0.3) is 0 Å². The first-order valence-electron chi connectivity index (χ1n) is 28.2. The van der Waals surface area contributed by atoms with Gasteiger partial charge in [-0.3, -0.25) is 14.4 Å². The van der Waals surface area contributed by atoms with Crippen molar-refractivity contribution < 1.29 is 28.6 Å². The summed E-state index contributed by atoms with van der Waals surface area (Å²) in [5.41, 5.74) is 0. The molecule has 372 valence electrons. The van der Waals surface area contributed by atoms with Crippen molar-refractivity contribution in [2.75, 3.05) is 13.2 Å². The van der Waals surface area contributed by atoms with E-state index in [4.69, 9.17) is 14.2 Å². The first kappa shape index (κ1) is 61.1. The number of rotatable bonds is 52. The van der Waals surface area contributed by atoms with Gasteiger partial charge in [0.2, 0.25) is 0 Å². The quantitative estimate of drug-likeness (QED) is 0.0262. The molecule has 0 aromatic rings. The number of carbonyl (C=O) groups is 3. The molecule has 1 atom stereocenters. The van der Waals surface area contributed by atoms with Crippen LogP contribution in [0.4, 0.5) is 0 Å². The summed E-state index contributed by atoms with van der Waals surface area (Å²) >= 11 is 0. The second kappa shape index (κ2) is 52.8. The normalized spacial score (nSPS) is 12.0. The number of esters is 3. The third-order valence-electron chi connectivity index (χ3n) is 12.8. The van der Waals surface area contributed by atoms with Gasteiger partial charge in [0.15, 0.2) is 6.10 Å². The van der Waals surface area contributed by atoms with Gasteiger partial charge in [-0.1, -0.05) is 264 Å². The van der Waals surface area contributed by atoms with Gasteiger partial charge < -0.3 is 14.2 Å². The van der Waals surface area contributed by atoms with Crippen molar-refractivity contribution in [2.24, 2.45) is 0 Å². The Morgan fingerprint density at radius 1 is 0.302 bits per heavy atom. The fraction of sp³-hybridized carbons (Fsp3) is 0.912. The maximum Gasteiger partial charge on any atom is 0.306 e. The maximum atomic E-state index is 12.8. The second-order valence-corrected chi connectivity index (χ2v) is 19.2. The summed E-state index contributed by atoms with van der Waals surface area (Å²) in [5, 5.41) is 0. The van der Waals surface area contributed by atoms with E-state index in [0.717, 1.165) is 57.8 Å². The SMILES string of the molecule is CCCCCCCC/C=C\CCCCCCCCCCCCCC(=O)OC[C@H](COC(=O)CCCCCCCCCCCCC)OC(=O)CCCCCCCCCCCCCCC. The lowest BCUT2D eigenvalue weighted by atomic mass is 10.0. The van der Waals surface area contributed by atoms with E-state index in [2.05, 4.69) is 32.9 Å². The van der Waals surface area contributed by atoms with Crippen LogP contribution in [0.15, 0.2) is 12.2 Å². The molecule has 6 nitrogen and oxygen atoms in total. The van der Waals surface area contributed by atoms with Gasteiger partial charge in [-0.05, 0) is 44.9 Å². The molecule has 0 spiro atoms. The lowest BCUT2D eigenvalue weighted by molar-refractivity contribution is -0.167. The van der Waals surface area contributed by atoms with Crippen LogP contribution in [-0.2, 0) is 28.6 Å². The van der Waals surface area contributed by atoms with E-state index in [-0.39, 0.29) is 31.1 Å². The molecule has 0 aromatic heterocycles. The van der Waals surface area contributed by atoms with Crippen molar-refractivity contribution in [3.63, 3.8) is 0 Å². The summed E-state index contributed by atoms with van der Waals surface area (Å²) in [6.07, 6.45) is 59.2. The average molecular weight is 889 g/mol. The summed E-state index contributed by atoms with van der Waals surface area (Å²) in [5.74, 6) is -0.845. The summed E-state index contributed by atoms with van der Waals surface area (Å²) in [6.45, 7) is 6.67. The molecule has 0 bridgehead atoms. The van der Waals surface area contributed by atoms with Crippen molar-refractivity contribution in [3.05, 3.63) is 12.2 Å². The third kappa shape index (κ3) is 51.0. The zero-order valence-corrected chi connectivity index (χ0v) is 42.6. The summed E-state index contributed by atoms with van der Waals surface area (Å²) in [6, 6.07) is 0. The second-order valence-electron chi connectivity index (χ2n) is 19.2. The van der Waals surface area contributed by atoms with Gasteiger partial charge in [0.05, 0.1) is 0 Å². The van der Waals surface area contributed by atoms with Gasteiger partial charge in [-0.2, -0.15) is 0 Å². The van der Waals surface area contributed by atoms with Crippen LogP contribution in [0.5, 0.6) is 0 Å². The lowest BCUT2D eigenvalue weighted by Crippen LogP contribution is -2.30. The topological polar surface area (TPSA) is 78.9 Å². The van der Waals surface area contributed by atoms with E-state index in [0.29, 0.717) is 19.3 Å². The minimum Gasteiger partial charge on any atom is -0.462 e. The standard InChI is InChI=1S/C57H108O6/c1-4-7-10-13-16-19-22-24-25-26-27-28-29-30-31-33-35-38-41-44-47-50-56(59)62-53-54(52-61-55(58)49-46-43-40-37-34-21-18-15-12-9-6-3)63-57(60)51-48-45-42-39-36-32-23-20-17-14-11-8-5-2/h24-25,54H,4-23,26-53H2,1-3H3/b25-24-/t54-/m0/s1. The van der Waals surface area contributed by atoms with Crippen LogP contribution >= 0.6 is 0 Å². The Bertz CT molecular complexity index is 978. The Kier molecular flexibility index (Phi) is 51.2. The van der Waals surface area contributed by atoms with Crippen molar-refractivity contribution in [2.45, 2.75) is 322 Å². The van der Waals surface area contributed by atoms with Gasteiger partial charge in [0, 0.05) is 19.3 Å². The highest BCUT2D eigenvalue weighted by atomic mass is 16.6. The lowest BCUT2D eigenvalue weighted by Gasteiger charge is -2.18. The number of carbonyl (C=O) groups excluding carboxylic acids is 3. The van der Waals surface area contributed by atoms with Gasteiger partial charge >= 0.3 is 17.9 Å². The molecular weight excluding hydrogens is 781 g/mol. The summed E-state index contributed by atoms with van der Waals surface area (Å²) in [4.78, 5) is 38.0. The summed E-state index contributed by atoms with van der Waals surface area (Å²) in [7, 11) is 0. The van der Waals surface area contributed by atoms with E-state index < -0.39 is 6.10 Å². The highest BCUT2D eigenvalue weighted by Gasteiger charge is 2.19. The fourth-order valence-electron chi connectivity index (χ4n) is 8.50. The number of ether oxygens (including phenoxy) is 3. The van der Waals surface area contributed by atoms with E-state index in [1.54, 1.807) is 0 Å². The monoisotopic (exact) mass is 889 g/mol. The Morgan fingerprint density at radius 2 is 0.524 bits per heavy atom. The van der Waals surface area contributed by atoms with Gasteiger partial charge in [-0.15, -0.1) is 0 Å². The molecule has 0 radical (unpaired) electrons. The highest BCUT2D eigenvalue weighted by Crippen LogP contribution is 2.17. The van der Waals surface area contributed by atoms with Crippen molar-refractivity contribution in [1.29, 1.82) is 0 Å². The van der Waals surface area contributed by atoms with Gasteiger partial charge in [0.1, 0.15) is 13.2 Å². The molecule has 0 N–H and O–H groups in total. The molecule has 0 saturated carbocycles. The van der Waals surface area contributed by atoms with Crippen LogP contribution in [0.25, 0.3) is 0 Å². The molecule has 0 unspecified atom stereocenters. The van der Waals surface area contributed by atoms with Crippen LogP contribution in [0.3, 0.4) is 0 Å². The van der Waals surface area contributed by atoms with E-state index in [1.165, 1.54) is 218 Å². The number of hydrogen-bond donors (Lipinski definition) is 0. The van der Waals surface area contributed by atoms with Crippen LogP contribution in [0, 0.1) is 0 Å². The van der Waals surface area contributed by atoms with E-state index >= 15 is 0 Å². The fourth-order valence-corrected chi connectivity index (χ4v) is 8.50. The maximum absolute atomic E-state index is 12.8. The Hall–Kier alpha value is -1.85. The molecule has 0 aromatic carbocycles. The van der Waals surface area contributed by atoms with Crippen LogP contribution in [0.2, 0.25) is 0 Å². The number of allylic oxidation sites excluding steroid dienone is 2. The molecule has 0 amide bonds. The zero-order valence-electron chi connectivity index (χ0n) is 42.6. The largest absolute Gasteiger partial charge is 0.462 e. The van der Waals surface area contributed by atoms with E-state index in [9.17, 15) is 14.4 Å². The first-order valence-corrected chi connectivity index (χ1v) is 28.2. The molecule has 0 aliphatic heterocycles. The number of unbranched alkanes of at least 4 members (excludes halogenated alkanes) is 39. The Morgan fingerprint density at radius 3 is 0.794 bits per heavy atom. The minimum absolute atomic E-state index is 0.0643. The first-order chi connectivity index (χ1) is 31.0. The van der Waals surface area contributed by atoms with Gasteiger partial charge in [-0.25, -0.2) is 0 Å². The predicted molar refractivity (Wildman–Crippen MR) is 270 cm³/mol. The van der Waals surface area contributed by atoms with E-state index in [1.807, 2.05) is 0 Å². The van der Waals surface area contributed by atoms with Crippen molar-refractivity contribution in [3.8, 4) is 0 Å². The molecule has 0 fully saturated rings. The van der Waals surface area contributed by atoms with Crippen molar-refractivity contribution in [1.82, 2.24) is 0 Å².